The van der Waals surface area contributed by atoms with Crippen LogP contribution in [0, 0.1) is 5.41 Å². The van der Waals surface area contributed by atoms with Gasteiger partial charge in [-0.3, -0.25) is 5.41 Å². The molecule has 0 aliphatic rings. The molecule has 1 aromatic rings. The number of rotatable bonds is 2. The lowest BCUT2D eigenvalue weighted by Gasteiger charge is -2.09. The van der Waals surface area contributed by atoms with Crippen LogP contribution in [0.2, 0.25) is 0 Å². The normalized spacial score (nSPS) is 11.5. The Labute approximate surface area is 86.0 Å². The lowest BCUT2D eigenvalue weighted by Crippen LogP contribution is -1.90. The summed E-state index contributed by atoms with van der Waals surface area (Å²) in [6.45, 7) is 3.95. The number of nitrogens with one attached hydrogen (secondary N) is 1. The van der Waals surface area contributed by atoms with Gasteiger partial charge in [0.15, 0.2) is 0 Å². The van der Waals surface area contributed by atoms with Crippen LogP contribution in [0.15, 0.2) is 30.3 Å². The summed E-state index contributed by atoms with van der Waals surface area (Å²) in [6, 6.07) is 10.3. The summed E-state index contributed by atoms with van der Waals surface area (Å²) in [5.74, 6) is 0. The lowest BCUT2D eigenvalue weighted by atomic mass is 10.2. The van der Waals surface area contributed by atoms with E-state index in [0.717, 1.165) is 0 Å². The van der Waals surface area contributed by atoms with Gasteiger partial charge in [-0.15, -0.1) is 11.8 Å². The maximum absolute atomic E-state index is 7.34. The highest BCUT2D eigenvalue weighted by molar-refractivity contribution is 8.13. The van der Waals surface area contributed by atoms with E-state index in [0.29, 0.717) is 10.3 Å². The average molecular weight is 190 g/mol. The second kappa shape index (κ2) is 5.87. The molecule has 0 aliphatic carbocycles. The van der Waals surface area contributed by atoms with Crippen LogP contribution in [0.25, 0.3) is 0 Å². The first-order chi connectivity index (χ1) is 5.70. The molecule has 0 heterocycles. The van der Waals surface area contributed by atoms with Gasteiger partial charge in [-0.25, -0.2) is 0 Å². The van der Waals surface area contributed by atoms with Gasteiger partial charge in [-0.2, -0.15) is 0 Å². The highest BCUT2D eigenvalue weighted by Gasteiger charge is 2.05. The Morgan fingerprint density at radius 3 is 2.31 bits per heavy atom. The van der Waals surface area contributed by atoms with E-state index in [1.807, 2.05) is 25.1 Å². The molecule has 0 aliphatic heterocycles. The molecule has 1 aromatic carbocycles. The van der Waals surface area contributed by atoms with Crippen molar-refractivity contribution in [1.82, 2.24) is 0 Å². The fraction of sp³-hybridized carbons (Fsp3) is 0.300. The maximum atomic E-state index is 7.34. The largest absolute Gasteiger partial charge is 0.299 e. The maximum Gasteiger partial charge on any atom is 0.0616 e. The van der Waals surface area contributed by atoms with Crippen molar-refractivity contribution in [1.29, 1.82) is 5.41 Å². The molecule has 0 bridgehead atoms. The summed E-state index contributed by atoms with van der Waals surface area (Å²) in [6.07, 6.45) is 0. The van der Waals surface area contributed by atoms with E-state index in [-0.39, 0.29) is 8.41 Å². The Bertz CT molecular complexity index is 261. The van der Waals surface area contributed by atoms with Crippen molar-refractivity contribution in [2.24, 2.45) is 0 Å². The molecule has 13 heavy (non-hydrogen) atoms. The van der Waals surface area contributed by atoms with Crippen LogP contribution >= 0.6 is 11.8 Å². The van der Waals surface area contributed by atoms with Gasteiger partial charge < -0.3 is 0 Å². The Kier molecular flexibility index (Phi) is 5.55. The van der Waals surface area contributed by atoms with Crippen molar-refractivity contribution >= 4 is 25.2 Å². The van der Waals surface area contributed by atoms with E-state index in [1.165, 1.54) is 5.56 Å². The summed E-state index contributed by atoms with van der Waals surface area (Å²) in [5.41, 5.74) is 1.29. The van der Waals surface area contributed by atoms with Gasteiger partial charge in [0.1, 0.15) is 0 Å². The lowest BCUT2D eigenvalue weighted by molar-refractivity contribution is 1.11. The first-order valence-electron chi connectivity index (χ1n) is 3.97. The van der Waals surface area contributed by atoms with Gasteiger partial charge in [-0.05, 0) is 19.4 Å². The van der Waals surface area contributed by atoms with Crippen molar-refractivity contribution in [3.8, 4) is 0 Å². The predicted octanol–water partition coefficient (Wildman–Crippen LogP) is 3.10. The van der Waals surface area contributed by atoms with Gasteiger partial charge in [0, 0.05) is 13.7 Å². The number of hydrogen-bond donors (Lipinski definition) is 1. The average Bonchev–Trinajstić information content (AvgIpc) is 2.05. The van der Waals surface area contributed by atoms with Gasteiger partial charge in [0.25, 0.3) is 0 Å². The third-order valence-electron chi connectivity index (χ3n) is 1.62. The molecule has 67 valence electrons. The van der Waals surface area contributed by atoms with Crippen LogP contribution in [0.1, 0.15) is 24.7 Å². The highest BCUT2D eigenvalue weighted by Crippen LogP contribution is 2.27. The fourth-order valence-electron chi connectivity index (χ4n) is 1.06. The quantitative estimate of drug-likeness (QED) is 0.432. The second-order valence-electron chi connectivity index (χ2n) is 2.73. The molecule has 3 radical (unpaired) electrons. The summed E-state index contributed by atoms with van der Waals surface area (Å²) in [5, 5.41) is 8.40. The summed E-state index contributed by atoms with van der Waals surface area (Å²) in [4.78, 5) is 0. The minimum atomic E-state index is 0. The monoisotopic (exact) mass is 190 g/mol. The molecule has 0 saturated carbocycles. The summed E-state index contributed by atoms with van der Waals surface area (Å²) < 4.78 is 0. The van der Waals surface area contributed by atoms with Gasteiger partial charge in [0.05, 0.1) is 5.04 Å². The third kappa shape index (κ3) is 4.18. The molecule has 1 nitrogen and oxygen atoms in total. The molecule has 1 unspecified atom stereocenters. The van der Waals surface area contributed by atoms with Gasteiger partial charge in [-0.1, -0.05) is 30.3 Å². The first-order valence-corrected chi connectivity index (χ1v) is 4.85. The van der Waals surface area contributed by atoms with E-state index in [9.17, 15) is 0 Å². The first kappa shape index (κ1) is 12.3. The number of benzene rings is 1. The van der Waals surface area contributed by atoms with Gasteiger partial charge >= 0.3 is 0 Å². The predicted molar refractivity (Wildman–Crippen MR) is 61.6 cm³/mol. The summed E-state index contributed by atoms with van der Waals surface area (Å²) in [7, 11) is 0. The number of hydrogen-bond acceptors (Lipinski definition) is 2. The van der Waals surface area contributed by atoms with Gasteiger partial charge in [0.2, 0.25) is 0 Å². The van der Waals surface area contributed by atoms with E-state index >= 15 is 0 Å². The molecule has 0 spiro atoms. The fourth-order valence-corrected chi connectivity index (χ4v) is 1.88. The standard InChI is InChI=1S/C10H13NS.B/c1-8(12-9(2)11)10-6-4-3-5-7-10;/h3-8,11H,1-2H3;. The van der Waals surface area contributed by atoms with Crippen molar-refractivity contribution in [2.45, 2.75) is 19.1 Å². The Hall–Kier alpha value is -0.695. The molecule has 3 heteroatoms. The minimum Gasteiger partial charge on any atom is -0.299 e. The molecule has 0 aromatic heterocycles. The van der Waals surface area contributed by atoms with Crippen molar-refractivity contribution in [3.05, 3.63) is 35.9 Å². The van der Waals surface area contributed by atoms with Crippen LogP contribution in [0.5, 0.6) is 0 Å². The molecular formula is C10H13BNS. The molecule has 1 N–H and O–H groups in total. The van der Waals surface area contributed by atoms with Crippen molar-refractivity contribution < 1.29 is 0 Å². The zero-order valence-electron chi connectivity index (χ0n) is 7.95. The SMILES string of the molecule is CC(=N)SC(C)c1ccccc1.[B]. The smallest absolute Gasteiger partial charge is 0.0616 e. The second-order valence-corrected chi connectivity index (χ2v) is 4.28. The molecular weight excluding hydrogens is 177 g/mol. The van der Waals surface area contributed by atoms with E-state index < -0.39 is 0 Å². The van der Waals surface area contributed by atoms with Crippen LogP contribution in [0.4, 0.5) is 0 Å². The molecule has 0 saturated heterocycles. The molecule has 1 rings (SSSR count). The third-order valence-corrected chi connectivity index (χ3v) is 2.60. The number of thioether (sulfide) groups is 1. The molecule has 0 amide bonds. The van der Waals surface area contributed by atoms with E-state index in [4.69, 9.17) is 5.41 Å². The van der Waals surface area contributed by atoms with Crippen LogP contribution in [0.3, 0.4) is 0 Å². The van der Waals surface area contributed by atoms with Crippen molar-refractivity contribution in [3.63, 3.8) is 0 Å². The molecule has 1 atom stereocenters. The zero-order valence-corrected chi connectivity index (χ0v) is 8.77. The Morgan fingerprint density at radius 2 is 1.85 bits per heavy atom. The summed E-state index contributed by atoms with van der Waals surface area (Å²) >= 11 is 1.59. The minimum absolute atomic E-state index is 0. The Balaban J connectivity index is 0.00000144. The van der Waals surface area contributed by atoms with E-state index in [1.54, 1.807) is 11.8 Å². The Morgan fingerprint density at radius 1 is 1.31 bits per heavy atom. The van der Waals surface area contributed by atoms with Crippen LogP contribution < -0.4 is 0 Å². The van der Waals surface area contributed by atoms with Crippen LogP contribution in [-0.2, 0) is 0 Å². The van der Waals surface area contributed by atoms with E-state index in [2.05, 4.69) is 19.1 Å². The highest BCUT2D eigenvalue weighted by atomic mass is 32.2. The van der Waals surface area contributed by atoms with Crippen molar-refractivity contribution in [2.75, 3.05) is 0 Å². The van der Waals surface area contributed by atoms with Crippen LogP contribution in [-0.4, -0.2) is 13.5 Å². The zero-order chi connectivity index (χ0) is 8.97. The topological polar surface area (TPSA) is 23.9 Å². The molecule has 0 fully saturated rings.